The van der Waals surface area contributed by atoms with Gasteiger partial charge in [0.15, 0.2) is 0 Å². The molecule has 2 heterocycles. The Bertz CT molecular complexity index is 586. The number of hydrogen-bond donors (Lipinski definition) is 3. The summed E-state index contributed by atoms with van der Waals surface area (Å²) >= 11 is 0. The Kier molecular flexibility index (Phi) is 3.97. The molecular weight excluding hydrogens is 252 g/mol. The Balaban J connectivity index is 1.52. The van der Waals surface area contributed by atoms with E-state index in [4.69, 9.17) is 0 Å². The maximum atomic E-state index is 12.0. The number of carbonyl (C=O) groups excluding carboxylic acids is 1. The first-order valence-electron chi connectivity index (χ1n) is 7.25. The molecule has 1 unspecified atom stereocenters. The molecule has 3 N–H and O–H groups in total. The molecule has 0 bridgehead atoms. The van der Waals surface area contributed by atoms with Crippen LogP contribution in [0, 0.1) is 5.92 Å². The third-order valence-corrected chi connectivity index (χ3v) is 3.90. The summed E-state index contributed by atoms with van der Waals surface area (Å²) in [7, 11) is 0. The number of aromatic amines is 1. The fourth-order valence-electron chi connectivity index (χ4n) is 2.74. The quantitative estimate of drug-likeness (QED) is 0.799. The number of nitrogens with one attached hydrogen (secondary N) is 3. The second-order valence-electron chi connectivity index (χ2n) is 5.47. The minimum absolute atomic E-state index is 0.0921. The first kappa shape index (κ1) is 13.1. The Morgan fingerprint density at radius 3 is 3.25 bits per heavy atom. The molecule has 0 spiro atoms. The number of fused-ring (bicyclic) bond motifs is 1. The molecule has 1 amide bonds. The van der Waals surface area contributed by atoms with Crippen LogP contribution in [0.4, 0.5) is 5.69 Å². The number of benzene rings is 1. The van der Waals surface area contributed by atoms with Gasteiger partial charge in [-0.15, -0.1) is 0 Å². The van der Waals surface area contributed by atoms with E-state index in [1.165, 1.54) is 12.8 Å². The highest BCUT2D eigenvalue weighted by Gasteiger charge is 2.14. The van der Waals surface area contributed by atoms with E-state index in [1.54, 1.807) is 6.20 Å². The van der Waals surface area contributed by atoms with Crippen molar-refractivity contribution < 1.29 is 4.79 Å². The molecule has 5 heteroatoms. The molecule has 0 aliphatic carbocycles. The molecular formula is C15H20N4O. The van der Waals surface area contributed by atoms with Crippen molar-refractivity contribution in [3.8, 4) is 0 Å². The number of H-pyrrole nitrogens is 1. The number of rotatable bonds is 4. The van der Waals surface area contributed by atoms with Crippen molar-refractivity contribution in [2.45, 2.75) is 25.7 Å². The van der Waals surface area contributed by atoms with Crippen LogP contribution < -0.4 is 10.6 Å². The van der Waals surface area contributed by atoms with E-state index < -0.39 is 0 Å². The standard InChI is InChI=1S/C15H20N4O/c20-15(6-3-11-2-1-7-16-9-11)18-13-5-4-12-10-17-19-14(12)8-13/h4-5,8,10-11,16H,1-3,6-7,9H2,(H,17,19)(H,18,20). The number of anilines is 1. The first-order chi connectivity index (χ1) is 9.81. The summed E-state index contributed by atoms with van der Waals surface area (Å²) in [6.07, 6.45) is 5.79. The van der Waals surface area contributed by atoms with Gasteiger partial charge in [-0.25, -0.2) is 0 Å². The zero-order valence-electron chi connectivity index (χ0n) is 11.5. The van der Waals surface area contributed by atoms with Gasteiger partial charge in [0.1, 0.15) is 0 Å². The molecule has 1 aliphatic heterocycles. The van der Waals surface area contributed by atoms with Gasteiger partial charge < -0.3 is 10.6 Å². The summed E-state index contributed by atoms with van der Waals surface area (Å²) in [6, 6.07) is 5.79. The molecule has 1 fully saturated rings. The number of aromatic nitrogens is 2. The second kappa shape index (κ2) is 6.05. The van der Waals surface area contributed by atoms with Crippen molar-refractivity contribution >= 4 is 22.5 Å². The average molecular weight is 272 g/mol. The predicted molar refractivity (Wildman–Crippen MR) is 79.6 cm³/mol. The van der Waals surface area contributed by atoms with Gasteiger partial charge in [-0.05, 0) is 56.5 Å². The van der Waals surface area contributed by atoms with E-state index in [2.05, 4.69) is 20.8 Å². The lowest BCUT2D eigenvalue weighted by atomic mass is 9.94. The minimum atomic E-state index is 0.0921. The van der Waals surface area contributed by atoms with Crippen molar-refractivity contribution in [3.63, 3.8) is 0 Å². The zero-order valence-corrected chi connectivity index (χ0v) is 11.5. The summed E-state index contributed by atoms with van der Waals surface area (Å²) in [4.78, 5) is 12.0. The van der Waals surface area contributed by atoms with Crippen LogP contribution in [0.25, 0.3) is 10.9 Å². The van der Waals surface area contributed by atoms with E-state index in [1.807, 2.05) is 18.2 Å². The SMILES string of the molecule is O=C(CCC1CCCNC1)Nc1ccc2cn[nH]c2c1. The Morgan fingerprint density at radius 1 is 1.45 bits per heavy atom. The van der Waals surface area contributed by atoms with Crippen LogP contribution >= 0.6 is 0 Å². The van der Waals surface area contributed by atoms with Crippen LogP contribution in [-0.4, -0.2) is 29.2 Å². The lowest BCUT2D eigenvalue weighted by Gasteiger charge is -2.22. The maximum Gasteiger partial charge on any atom is 0.224 e. The highest BCUT2D eigenvalue weighted by Crippen LogP contribution is 2.19. The third kappa shape index (κ3) is 3.17. The van der Waals surface area contributed by atoms with Gasteiger partial charge in [-0.2, -0.15) is 5.10 Å². The van der Waals surface area contributed by atoms with Crippen LogP contribution in [-0.2, 0) is 4.79 Å². The van der Waals surface area contributed by atoms with Crippen molar-refractivity contribution in [3.05, 3.63) is 24.4 Å². The van der Waals surface area contributed by atoms with Crippen LogP contribution in [0.5, 0.6) is 0 Å². The molecule has 5 nitrogen and oxygen atoms in total. The van der Waals surface area contributed by atoms with Gasteiger partial charge in [0.25, 0.3) is 0 Å². The normalized spacial score (nSPS) is 19.1. The van der Waals surface area contributed by atoms with E-state index in [-0.39, 0.29) is 5.91 Å². The number of carbonyl (C=O) groups is 1. The van der Waals surface area contributed by atoms with Crippen molar-refractivity contribution in [1.29, 1.82) is 0 Å². The van der Waals surface area contributed by atoms with Crippen LogP contribution in [0.2, 0.25) is 0 Å². The fraction of sp³-hybridized carbons (Fsp3) is 0.467. The minimum Gasteiger partial charge on any atom is -0.326 e. The van der Waals surface area contributed by atoms with Crippen molar-refractivity contribution in [1.82, 2.24) is 15.5 Å². The summed E-state index contributed by atoms with van der Waals surface area (Å²) in [5.74, 6) is 0.735. The van der Waals surface area contributed by atoms with Gasteiger partial charge in [0.2, 0.25) is 5.91 Å². The topological polar surface area (TPSA) is 69.8 Å². The van der Waals surface area contributed by atoms with Gasteiger partial charge in [-0.1, -0.05) is 0 Å². The van der Waals surface area contributed by atoms with E-state index in [9.17, 15) is 4.79 Å². The molecule has 1 saturated heterocycles. The van der Waals surface area contributed by atoms with Crippen LogP contribution in [0.15, 0.2) is 24.4 Å². The summed E-state index contributed by atoms with van der Waals surface area (Å²) in [5.41, 5.74) is 1.77. The largest absolute Gasteiger partial charge is 0.326 e. The monoisotopic (exact) mass is 272 g/mol. The molecule has 1 aromatic carbocycles. The molecule has 106 valence electrons. The van der Waals surface area contributed by atoms with E-state index >= 15 is 0 Å². The summed E-state index contributed by atoms with van der Waals surface area (Å²) in [6.45, 7) is 2.17. The van der Waals surface area contributed by atoms with Gasteiger partial charge in [-0.3, -0.25) is 9.89 Å². The third-order valence-electron chi connectivity index (χ3n) is 3.90. The predicted octanol–water partition coefficient (Wildman–Crippen LogP) is 2.28. The lowest BCUT2D eigenvalue weighted by molar-refractivity contribution is -0.116. The molecule has 20 heavy (non-hydrogen) atoms. The lowest BCUT2D eigenvalue weighted by Crippen LogP contribution is -2.30. The number of nitrogens with zero attached hydrogens (tertiary/aromatic N) is 1. The summed E-state index contributed by atoms with van der Waals surface area (Å²) in [5, 5.41) is 14.3. The van der Waals surface area contributed by atoms with E-state index in [0.29, 0.717) is 12.3 Å². The molecule has 1 aromatic heterocycles. The maximum absolute atomic E-state index is 12.0. The zero-order chi connectivity index (χ0) is 13.8. The van der Waals surface area contributed by atoms with Crippen LogP contribution in [0.1, 0.15) is 25.7 Å². The highest BCUT2D eigenvalue weighted by molar-refractivity contribution is 5.93. The molecule has 0 radical (unpaired) electrons. The van der Waals surface area contributed by atoms with Crippen LogP contribution in [0.3, 0.4) is 0 Å². The van der Waals surface area contributed by atoms with E-state index in [0.717, 1.165) is 36.1 Å². The van der Waals surface area contributed by atoms with Crippen molar-refractivity contribution in [2.24, 2.45) is 5.92 Å². The molecule has 1 atom stereocenters. The van der Waals surface area contributed by atoms with Crippen molar-refractivity contribution in [2.75, 3.05) is 18.4 Å². The second-order valence-corrected chi connectivity index (χ2v) is 5.47. The van der Waals surface area contributed by atoms with Gasteiger partial charge in [0, 0.05) is 17.5 Å². The Labute approximate surface area is 118 Å². The molecule has 3 rings (SSSR count). The average Bonchev–Trinajstić information content (AvgIpc) is 2.94. The summed E-state index contributed by atoms with van der Waals surface area (Å²) < 4.78 is 0. The molecule has 2 aromatic rings. The number of amides is 1. The molecule has 0 saturated carbocycles. The highest BCUT2D eigenvalue weighted by atomic mass is 16.1. The number of hydrogen-bond acceptors (Lipinski definition) is 3. The van der Waals surface area contributed by atoms with Gasteiger partial charge in [0.05, 0.1) is 11.7 Å². The van der Waals surface area contributed by atoms with Gasteiger partial charge >= 0.3 is 0 Å². The smallest absolute Gasteiger partial charge is 0.224 e. The fourth-order valence-corrected chi connectivity index (χ4v) is 2.74. The Hall–Kier alpha value is -1.88. The molecule has 1 aliphatic rings. The Morgan fingerprint density at radius 2 is 2.40 bits per heavy atom. The first-order valence-corrected chi connectivity index (χ1v) is 7.25. The number of piperidine rings is 1.